The van der Waals surface area contributed by atoms with Crippen molar-refractivity contribution in [3.8, 4) is 28.9 Å². The van der Waals surface area contributed by atoms with Crippen LogP contribution in [0.15, 0.2) is 95.1 Å². The molecular weight excluding hydrogens is 589 g/mol. The third-order valence-corrected chi connectivity index (χ3v) is 8.10. The Kier molecular flexibility index (Phi) is 9.15. The second-order valence-corrected chi connectivity index (χ2v) is 10.8. The normalized spacial score (nSPS) is 16.3. The summed E-state index contributed by atoms with van der Waals surface area (Å²) >= 11 is 1.44. The van der Waals surface area contributed by atoms with Crippen molar-refractivity contribution in [3.05, 3.63) is 107 Å². The number of carbonyl (C=O) groups is 1. The van der Waals surface area contributed by atoms with E-state index < -0.39 is 18.3 Å². The van der Waals surface area contributed by atoms with Crippen LogP contribution in [0.5, 0.6) is 5.75 Å². The molecule has 0 spiro atoms. The molecule has 3 aromatic carbocycles. The summed E-state index contributed by atoms with van der Waals surface area (Å²) in [6.07, 6.45) is -2.44. The first kappa shape index (κ1) is 30.6. The number of nitrogens with zero attached hydrogens (tertiary/aromatic N) is 5. The lowest BCUT2D eigenvalue weighted by atomic mass is 9.89. The zero-order chi connectivity index (χ0) is 31.3. The van der Waals surface area contributed by atoms with Gasteiger partial charge < -0.3 is 10.1 Å². The number of carbonyl (C=O) groups excluding carboxylic acids is 1. The van der Waals surface area contributed by atoms with Crippen LogP contribution in [0.4, 0.5) is 18.0 Å². The van der Waals surface area contributed by atoms with E-state index in [0.29, 0.717) is 27.7 Å². The van der Waals surface area contributed by atoms with Gasteiger partial charge >= 0.3 is 12.4 Å². The number of thioether (sulfide) groups is 1. The number of benzene rings is 3. The van der Waals surface area contributed by atoms with Crippen LogP contribution in [0.3, 0.4) is 0 Å². The van der Waals surface area contributed by atoms with Crippen LogP contribution in [0.25, 0.3) is 17.1 Å². The number of aryl methyl sites for hydroxylation is 1. The Labute approximate surface area is 256 Å². The quantitative estimate of drug-likeness (QED) is 0.219. The minimum absolute atomic E-state index is 0.0685. The summed E-state index contributed by atoms with van der Waals surface area (Å²) in [5.41, 5.74) is 5.36. The fraction of sp³-hybridized carbons (Fsp3) is 0.219. The van der Waals surface area contributed by atoms with Crippen LogP contribution in [0.1, 0.15) is 42.4 Å². The van der Waals surface area contributed by atoms with Gasteiger partial charge in [0.15, 0.2) is 5.82 Å². The number of rotatable bonds is 8. The van der Waals surface area contributed by atoms with Gasteiger partial charge in [-0.1, -0.05) is 72.8 Å². The number of alkyl halides is 3. The van der Waals surface area contributed by atoms with E-state index in [0.717, 1.165) is 17.6 Å². The number of ether oxygens (including phenoxy) is 1. The molecule has 2 atom stereocenters. The maximum Gasteiger partial charge on any atom is 0.573 e. The fourth-order valence-electron chi connectivity index (χ4n) is 4.84. The maximum atomic E-state index is 12.8. The second kappa shape index (κ2) is 13.2. The zero-order valence-corrected chi connectivity index (χ0v) is 24.6. The average Bonchev–Trinajstić information content (AvgIpc) is 3.64. The highest BCUT2D eigenvalue weighted by molar-refractivity contribution is 8.17. The monoisotopic (exact) mass is 616 g/mol. The molecule has 8 nitrogen and oxygen atoms in total. The van der Waals surface area contributed by atoms with Crippen LogP contribution >= 0.6 is 11.8 Å². The first-order valence-electron chi connectivity index (χ1n) is 13.7. The third-order valence-electron chi connectivity index (χ3n) is 7.04. The summed E-state index contributed by atoms with van der Waals surface area (Å²) < 4.78 is 42.6. The summed E-state index contributed by atoms with van der Waals surface area (Å²) in [7, 11) is 0. The molecule has 12 heteroatoms. The lowest BCUT2D eigenvalue weighted by Gasteiger charge is -2.17. The van der Waals surface area contributed by atoms with Crippen molar-refractivity contribution < 1.29 is 22.7 Å². The van der Waals surface area contributed by atoms with Crippen LogP contribution in [0, 0.1) is 11.3 Å². The van der Waals surface area contributed by atoms with Crippen molar-refractivity contribution in [1.29, 1.82) is 5.26 Å². The van der Waals surface area contributed by atoms with E-state index in [1.165, 1.54) is 52.6 Å². The van der Waals surface area contributed by atoms with E-state index in [2.05, 4.69) is 50.3 Å². The number of nitriles is 1. The molecule has 2 amide bonds. The number of aliphatic imine (C=N–C) groups is 1. The molecule has 0 fully saturated rings. The smallest absolute Gasteiger partial charge is 0.406 e. The number of aromatic nitrogens is 3. The van der Waals surface area contributed by atoms with Gasteiger partial charge in [0.25, 0.3) is 0 Å². The molecule has 224 valence electrons. The van der Waals surface area contributed by atoms with Gasteiger partial charge in [-0.3, -0.25) is 0 Å². The Morgan fingerprint density at radius 1 is 1.14 bits per heavy atom. The molecule has 0 radical (unpaired) electrons. The van der Waals surface area contributed by atoms with Crippen LogP contribution in [-0.2, 0) is 6.42 Å². The molecule has 0 aliphatic carbocycles. The predicted octanol–water partition coefficient (Wildman–Crippen LogP) is 7.54. The van der Waals surface area contributed by atoms with E-state index in [1.807, 2.05) is 24.5 Å². The Morgan fingerprint density at radius 3 is 2.55 bits per heavy atom. The lowest BCUT2D eigenvalue weighted by molar-refractivity contribution is -0.274. The summed E-state index contributed by atoms with van der Waals surface area (Å²) in [6, 6.07) is 22.2. The molecule has 1 aliphatic rings. The van der Waals surface area contributed by atoms with Gasteiger partial charge in [0.2, 0.25) is 0 Å². The summed E-state index contributed by atoms with van der Waals surface area (Å²) in [6.45, 7) is 4.22. The minimum Gasteiger partial charge on any atom is -0.406 e. The van der Waals surface area contributed by atoms with Gasteiger partial charge in [-0.25, -0.2) is 14.5 Å². The molecular formula is C32H27F3N6O2S. The molecule has 0 saturated heterocycles. The second-order valence-electron chi connectivity index (χ2n) is 9.96. The summed E-state index contributed by atoms with van der Waals surface area (Å²) in [5, 5.41) is 19.7. The molecule has 5 rings (SSSR count). The molecule has 1 aliphatic heterocycles. The van der Waals surface area contributed by atoms with E-state index in [1.54, 1.807) is 24.3 Å². The SMILES string of the molecule is CCc1ccccc1C1C(C)=CS/C1=N\C(=O)NCC(C#N)c1ccc(-c2ncn(-c3ccc(OC(F)(F)F)cc3)n2)cc1. The molecule has 0 bridgehead atoms. The highest BCUT2D eigenvalue weighted by atomic mass is 32.2. The molecule has 1 aromatic heterocycles. The van der Waals surface area contributed by atoms with Gasteiger partial charge in [0, 0.05) is 12.1 Å². The number of halogens is 3. The largest absolute Gasteiger partial charge is 0.573 e. The minimum atomic E-state index is -4.77. The van der Waals surface area contributed by atoms with E-state index in [-0.39, 0.29) is 18.2 Å². The van der Waals surface area contributed by atoms with Gasteiger partial charge in [-0.05, 0) is 59.7 Å². The van der Waals surface area contributed by atoms with E-state index in [4.69, 9.17) is 0 Å². The van der Waals surface area contributed by atoms with Crippen molar-refractivity contribution in [1.82, 2.24) is 20.1 Å². The average molecular weight is 617 g/mol. The van der Waals surface area contributed by atoms with E-state index >= 15 is 0 Å². The van der Waals surface area contributed by atoms with Crippen molar-refractivity contribution >= 4 is 22.8 Å². The lowest BCUT2D eigenvalue weighted by Crippen LogP contribution is -2.26. The maximum absolute atomic E-state index is 12.8. The van der Waals surface area contributed by atoms with Crippen molar-refractivity contribution in [3.63, 3.8) is 0 Å². The van der Waals surface area contributed by atoms with Crippen LogP contribution < -0.4 is 10.1 Å². The Hall–Kier alpha value is -4.89. The molecule has 4 aromatic rings. The predicted molar refractivity (Wildman–Crippen MR) is 163 cm³/mol. The van der Waals surface area contributed by atoms with Crippen molar-refractivity contribution in [2.24, 2.45) is 4.99 Å². The molecule has 2 unspecified atom stereocenters. The fourth-order valence-corrected chi connectivity index (χ4v) is 5.87. The van der Waals surface area contributed by atoms with Crippen LogP contribution in [0.2, 0.25) is 0 Å². The first-order chi connectivity index (χ1) is 21.1. The number of amides is 2. The highest BCUT2D eigenvalue weighted by Crippen LogP contribution is 2.40. The number of nitrogens with one attached hydrogen (secondary N) is 1. The topological polar surface area (TPSA) is 105 Å². The van der Waals surface area contributed by atoms with Gasteiger partial charge in [0.05, 0.1) is 28.6 Å². The number of hydrogen-bond donors (Lipinski definition) is 1. The Bertz CT molecular complexity index is 1740. The molecule has 0 saturated carbocycles. The summed E-state index contributed by atoms with van der Waals surface area (Å²) in [4.78, 5) is 21.4. The van der Waals surface area contributed by atoms with Gasteiger partial charge in [-0.15, -0.1) is 18.3 Å². The zero-order valence-electron chi connectivity index (χ0n) is 23.7. The number of hydrogen-bond acceptors (Lipinski definition) is 6. The summed E-state index contributed by atoms with van der Waals surface area (Å²) in [5.74, 6) is -0.619. The standard InChI is InChI=1S/C32H27F3N6O2S/c1-3-21-6-4-5-7-27(21)28-20(2)18-44-30(28)39-31(42)37-17-24(16-36)22-8-10-23(11-9-22)29-38-19-41(40-29)25-12-14-26(15-13-25)43-32(33,34)35/h4-15,18-19,24,28H,3,17H2,1-2H3,(H,37,42)/b39-30-. The number of urea groups is 1. The molecule has 2 heterocycles. The third kappa shape index (κ3) is 7.18. The van der Waals surface area contributed by atoms with Gasteiger partial charge in [0.1, 0.15) is 12.1 Å². The first-order valence-corrected chi connectivity index (χ1v) is 14.6. The molecule has 44 heavy (non-hydrogen) atoms. The Balaban J connectivity index is 1.22. The Morgan fingerprint density at radius 2 is 1.86 bits per heavy atom. The van der Waals surface area contributed by atoms with Gasteiger partial charge in [-0.2, -0.15) is 10.3 Å². The van der Waals surface area contributed by atoms with Crippen molar-refractivity contribution in [2.45, 2.75) is 38.5 Å². The highest BCUT2D eigenvalue weighted by Gasteiger charge is 2.31. The number of allylic oxidation sites excluding steroid dienone is 1. The van der Waals surface area contributed by atoms with E-state index in [9.17, 15) is 23.2 Å². The van der Waals surface area contributed by atoms with Crippen LogP contribution in [-0.4, -0.2) is 38.7 Å². The molecule has 1 N–H and O–H groups in total. The van der Waals surface area contributed by atoms with Crippen molar-refractivity contribution in [2.75, 3.05) is 6.54 Å².